The summed E-state index contributed by atoms with van der Waals surface area (Å²) >= 11 is 0. The van der Waals surface area contributed by atoms with Crippen LogP contribution in [0.3, 0.4) is 0 Å². The number of nitrogens with one attached hydrogen (secondary N) is 1. The van der Waals surface area contributed by atoms with E-state index in [1.165, 1.54) is 10.6 Å². The van der Waals surface area contributed by atoms with Crippen molar-refractivity contribution in [2.75, 3.05) is 6.54 Å². The molecule has 0 spiro atoms. The van der Waals surface area contributed by atoms with E-state index in [-0.39, 0.29) is 18.0 Å². The van der Waals surface area contributed by atoms with E-state index in [1.807, 2.05) is 24.3 Å². The van der Waals surface area contributed by atoms with Gasteiger partial charge in [0, 0.05) is 12.6 Å². The van der Waals surface area contributed by atoms with Crippen LogP contribution in [-0.4, -0.2) is 17.0 Å². The van der Waals surface area contributed by atoms with Crippen molar-refractivity contribution < 1.29 is 4.79 Å². The number of pyridine rings is 1. The first-order valence-corrected chi connectivity index (χ1v) is 6.57. The minimum Gasteiger partial charge on any atom is -0.355 e. The van der Waals surface area contributed by atoms with Gasteiger partial charge in [0.1, 0.15) is 6.54 Å². The molecular weight excluding hydrogens is 240 g/mol. The van der Waals surface area contributed by atoms with Crippen molar-refractivity contribution >= 4 is 16.8 Å². The quantitative estimate of drug-likeness (QED) is 0.833. The van der Waals surface area contributed by atoms with Gasteiger partial charge < -0.3 is 5.32 Å². The lowest BCUT2D eigenvalue weighted by molar-refractivity contribution is -0.121. The number of nitrogens with zero attached hydrogens (tertiary/aromatic N) is 1. The Morgan fingerprint density at radius 1 is 1.21 bits per heavy atom. The summed E-state index contributed by atoms with van der Waals surface area (Å²) in [5.74, 6) is -0.119. The van der Waals surface area contributed by atoms with Crippen LogP contribution in [0.25, 0.3) is 10.9 Å². The highest BCUT2D eigenvalue weighted by molar-refractivity contribution is 5.82. The van der Waals surface area contributed by atoms with Crippen LogP contribution < -0.4 is 10.9 Å². The first-order valence-electron chi connectivity index (χ1n) is 6.57. The summed E-state index contributed by atoms with van der Waals surface area (Å²) in [5.41, 5.74) is 0.644. The van der Waals surface area contributed by atoms with Crippen LogP contribution >= 0.6 is 0 Å². The molecule has 1 aromatic heterocycles. The van der Waals surface area contributed by atoms with Gasteiger partial charge >= 0.3 is 0 Å². The minimum absolute atomic E-state index is 0.0733. The normalized spacial score (nSPS) is 10.6. The van der Waals surface area contributed by atoms with E-state index >= 15 is 0 Å². The van der Waals surface area contributed by atoms with E-state index in [0.29, 0.717) is 6.54 Å². The SMILES string of the molecule is CCCCNC(=O)Cn1c(=O)ccc2ccccc21. The minimum atomic E-state index is -0.149. The Hall–Kier alpha value is -2.10. The van der Waals surface area contributed by atoms with Crippen LogP contribution in [0.1, 0.15) is 19.8 Å². The van der Waals surface area contributed by atoms with Gasteiger partial charge in [-0.3, -0.25) is 14.2 Å². The number of carbonyl (C=O) groups excluding carboxylic acids is 1. The molecule has 1 heterocycles. The van der Waals surface area contributed by atoms with Gasteiger partial charge in [-0.05, 0) is 23.9 Å². The Labute approximate surface area is 112 Å². The standard InChI is InChI=1S/C15H18N2O2/c1-2-3-10-16-14(18)11-17-13-7-5-4-6-12(13)8-9-15(17)19/h4-9H,2-3,10-11H2,1H3,(H,16,18). The Morgan fingerprint density at radius 3 is 2.79 bits per heavy atom. The second kappa shape index (κ2) is 6.18. The fourth-order valence-corrected chi connectivity index (χ4v) is 2.01. The van der Waals surface area contributed by atoms with Crippen LogP contribution in [0.4, 0.5) is 0 Å². The molecular formula is C15H18N2O2. The van der Waals surface area contributed by atoms with Crippen molar-refractivity contribution in [1.29, 1.82) is 0 Å². The van der Waals surface area contributed by atoms with Gasteiger partial charge in [0.2, 0.25) is 5.91 Å². The largest absolute Gasteiger partial charge is 0.355 e. The van der Waals surface area contributed by atoms with Gasteiger partial charge in [-0.1, -0.05) is 31.5 Å². The molecule has 1 amide bonds. The molecule has 19 heavy (non-hydrogen) atoms. The van der Waals surface area contributed by atoms with Crippen LogP contribution in [0.2, 0.25) is 0 Å². The van der Waals surface area contributed by atoms with E-state index < -0.39 is 0 Å². The molecule has 2 aromatic rings. The Morgan fingerprint density at radius 2 is 2.00 bits per heavy atom. The molecule has 4 nitrogen and oxygen atoms in total. The second-order valence-corrected chi connectivity index (χ2v) is 4.52. The Bertz CT molecular complexity index is 631. The number of amides is 1. The molecule has 4 heteroatoms. The molecule has 0 aliphatic heterocycles. The summed E-state index contributed by atoms with van der Waals surface area (Å²) in [6, 6.07) is 10.9. The zero-order chi connectivity index (χ0) is 13.7. The van der Waals surface area contributed by atoms with Gasteiger partial charge in [0.25, 0.3) is 5.56 Å². The number of hydrogen-bond acceptors (Lipinski definition) is 2. The van der Waals surface area contributed by atoms with E-state index in [4.69, 9.17) is 0 Å². The number of rotatable bonds is 5. The van der Waals surface area contributed by atoms with Gasteiger partial charge in [-0.2, -0.15) is 0 Å². The van der Waals surface area contributed by atoms with Crippen molar-refractivity contribution in [3.05, 3.63) is 46.8 Å². The fraction of sp³-hybridized carbons (Fsp3) is 0.333. The Kier molecular flexibility index (Phi) is 4.34. The molecule has 0 aliphatic carbocycles. The molecule has 0 fully saturated rings. The summed E-state index contributed by atoms with van der Waals surface area (Å²) < 4.78 is 1.51. The smallest absolute Gasteiger partial charge is 0.251 e. The third kappa shape index (κ3) is 3.22. The molecule has 0 atom stereocenters. The Balaban J connectivity index is 2.22. The highest BCUT2D eigenvalue weighted by Crippen LogP contribution is 2.10. The van der Waals surface area contributed by atoms with Crippen molar-refractivity contribution in [1.82, 2.24) is 9.88 Å². The number of hydrogen-bond donors (Lipinski definition) is 1. The van der Waals surface area contributed by atoms with Crippen molar-refractivity contribution in [3.8, 4) is 0 Å². The monoisotopic (exact) mass is 258 g/mol. The first kappa shape index (κ1) is 13.3. The maximum Gasteiger partial charge on any atom is 0.251 e. The van der Waals surface area contributed by atoms with Crippen molar-refractivity contribution in [2.45, 2.75) is 26.3 Å². The molecule has 100 valence electrons. The topological polar surface area (TPSA) is 51.1 Å². The zero-order valence-electron chi connectivity index (χ0n) is 11.1. The number of carbonyl (C=O) groups is 1. The molecule has 2 rings (SSSR count). The van der Waals surface area contributed by atoms with E-state index in [1.54, 1.807) is 6.07 Å². The van der Waals surface area contributed by atoms with E-state index in [2.05, 4.69) is 12.2 Å². The van der Waals surface area contributed by atoms with Crippen molar-refractivity contribution in [2.24, 2.45) is 0 Å². The number of benzene rings is 1. The maximum atomic E-state index is 11.9. The van der Waals surface area contributed by atoms with Crippen LogP contribution in [0.15, 0.2) is 41.2 Å². The number of unbranched alkanes of at least 4 members (excludes halogenated alkanes) is 1. The van der Waals surface area contributed by atoms with Crippen LogP contribution in [0.5, 0.6) is 0 Å². The lowest BCUT2D eigenvalue weighted by atomic mass is 10.2. The first-order chi connectivity index (χ1) is 9.22. The van der Waals surface area contributed by atoms with E-state index in [0.717, 1.165) is 23.7 Å². The molecule has 0 radical (unpaired) electrons. The summed E-state index contributed by atoms with van der Waals surface area (Å²) in [6.45, 7) is 2.81. The lowest BCUT2D eigenvalue weighted by Crippen LogP contribution is -2.32. The summed E-state index contributed by atoms with van der Waals surface area (Å²) in [6.07, 6.45) is 1.99. The third-order valence-electron chi connectivity index (χ3n) is 3.05. The third-order valence-corrected chi connectivity index (χ3v) is 3.05. The molecule has 0 unspecified atom stereocenters. The maximum absolute atomic E-state index is 11.9. The second-order valence-electron chi connectivity index (χ2n) is 4.52. The van der Waals surface area contributed by atoms with E-state index in [9.17, 15) is 9.59 Å². The molecule has 0 aliphatic rings. The summed E-state index contributed by atoms with van der Waals surface area (Å²) in [4.78, 5) is 23.7. The molecule has 0 bridgehead atoms. The van der Waals surface area contributed by atoms with Crippen LogP contribution in [-0.2, 0) is 11.3 Å². The predicted octanol–water partition coefficient (Wildman–Crippen LogP) is 1.92. The number of aromatic nitrogens is 1. The molecule has 1 aromatic carbocycles. The number of fused-ring (bicyclic) bond motifs is 1. The van der Waals surface area contributed by atoms with Crippen molar-refractivity contribution in [3.63, 3.8) is 0 Å². The average Bonchev–Trinajstić information content (AvgIpc) is 2.42. The van der Waals surface area contributed by atoms with Gasteiger partial charge in [-0.25, -0.2) is 0 Å². The van der Waals surface area contributed by atoms with Gasteiger partial charge in [0.05, 0.1) is 5.52 Å². The zero-order valence-corrected chi connectivity index (χ0v) is 11.1. The summed E-state index contributed by atoms with van der Waals surface area (Å²) in [7, 11) is 0. The fourth-order valence-electron chi connectivity index (χ4n) is 2.01. The average molecular weight is 258 g/mol. The molecule has 1 N–H and O–H groups in total. The highest BCUT2D eigenvalue weighted by Gasteiger charge is 2.07. The molecule has 0 saturated heterocycles. The van der Waals surface area contributed by atoms with Gasteiger partial charge in [0.15, 0.2) is 0 Å². The number of para-hydroxylation sites is 1. The van der Waals surface area contributed by atoms with Gasteiger partial charge in [-0.15, -0.1) is 0 Å². The summed E-state index contributed by atoms with van der Waals surface area (Å²) in [5, 5.41) is 3.79. The lowest BCUT2D eigenvalue weighted by Gasteiger charge is -2.10. The predicted molar refractivity (Wildman–Crippen MR) is 76.1 cm³/mol. The van der Waals surface area contributed by atoms with Crippen LogP contribution in [0, 0.1) is 0 Å². The highest BCUT2D eigenvalue weighted by atomic mass is 16.2. The molecule has 0 saturated carbocycles.